The predicted octanol–water partition coefficient (Wildman–Crippen LogP) is 4.13. The van der Waals surface area contributed by atoms with E-state index in [0.29, 0.717) is 5.56 Å². The molecule has 20 heavy (non-hydrogen) atoms. The number of rotatable bonds is 0. The summed E-state index contributed by atoms with van der Waals surface area (Å²) in [5.74, 6) is 8.01. The van der Waals surface area contributed by atoms with Gasteiger partial charge in [0.1, 0.15) is 5.82 Å². The fourth-order valence-electron chi connectivity index (χ4n) is 2.22. The normalized spacial score (nSPS) is 9.55. The molecular weight excluding hydrogens is 247 g/mol. The lowest BCUT2D eigenvalue weighted by molar-refractivity contribution is 0.624. The summed E-state index contributed by atoms with van der Waals surface area (Å²) >= 11 is 0. The third kappa shape index (κ3) is 2.90. The quantitative estimate of drug-likeness (QED) is 0.626. The Hall–Kier alpha value is -2.51. The lowest BCUT2D eigenvalue weighted by Gasteiger charge is -2.04. The molecule has 0 aromatic heterocycles. The van der Waals surface area contributed by atoms with Crippen molar-refractivity contribution in [3.05, 3.63) is 69.5 Å². The first-order valence-electron chi connectivity index (χ1n) is 6.37. The molecule has 0 aliphatic rings. The molecule has 2 aromatic rings. The number of aryl methyl sites for hydroxylation is 3. The van der Waals surface area contributed by atoms with Gasteiger partial charge < -0.3 is 0 Å². The van der Waals surface area contributed by atoms with Crippen LogP contribution >= 0.6 is 0 Å². The van der Waals surface area contributed by atoms with Crippen LogP contribution in [0.2, 0.25) is 0 Å². The molecule has 2 aromatic carbocycles. The molecule has 2 rings (SSSR count). The third-order valence-corrected chi connectivity index (χ3v) is 3.13. The fourth-order valence-corrected chi connectivity index (χ4v) is 2.22. The average molecular weight is 262 g/mol. The topological polar surface area (TPSA) is 0 Å². The summed E-state index contributed by atoms with van der Waals surface area (Å²) in [6.45, 7) is 6.13. The van der Waals surface area contributed by atoms with Gasteiger partial charge in [-0.1, -0.05) is 35.5 Å². The first-order valence-corrected chi connectivity index (χ1v) is 6.37. The predicted molar refractivity (Wildman–Crippen MR) is 81.0 cm³/mol. The van der Waals surface area contributed by atoms with Gasteiger partial charge in [0, 0.05) is 11.1 Å². The molecule has 0 fully saturated rings. The van der Waals surface area contributed by atoms with E-state index in [0.717, 1.165) is 16.7 Å². The first kappa shape index (κ1) is 13.9. The maximum Gasteiger partial charge on any atom is 0.140 e. The van der Waals surface area contributed by atoms with Crippen molar-refractivity contribution in [3.8, 4) is 24.2 Å². The molecule has 1 heteroatoms. The Bertz CT molecular complexity index is 742. The molecule has 0 unspecified atom stereocenters. The molecule has 0 heterocycles. The minimum absolute atomic E-state index is 0.262. The van der Waals surface area contributed by atoms with E-state index in [1.807, 2.05) is 13.8 Å². The van der Waals surface area contributed by atoms with Crippen LogP contribution in [0.3, 0.4) is 0 Å². The van der Waals surface area contributed by atoms with E-state index in [1.54, 1.807) is 12.1 Å². The van der Waals surface area contributed by atoms with Gasteiger partial charge in [0.25, 0.3) is 0 Å². The zero-order valence-electron chi connectivity index (χ0n) is 11.8. The monoisotopic (exact) mass is 262 g/mol. The molecule has 0 amide bonds. The molecule has 0 nitrogen and oxygen atoms in total. The van der Waals surface area contributed by atoms with Crippen LogP contribution in [0.1, 0.15) is 33.4 Å². The minimum atomic E-state index is -0.406. The van der Waals surface area contributed by atoms with Crippen molar-refractivity contribution in [2.24, 2.45) is 0 Å². The fraction of sp³-hybridized carbons (Fsp3) is 0.158. The van der Waals surface area contributed by atoms with E-state index in [9.17, 15) is 4.39 Å². The van der Waals surface area contributed by atoms with E-state index >= 15 is 0 Å². The number of hydrogen-bond acceptors (Lipinski definition) is 0. The lowest BCUT2D eigenvalue weighted by atomic mass is 10.00. The Morgan fingerprint density at radius 1 is 0.950 bits per heavy atom. The SMILES string of the molecule is C#Cc1ccc(C#Cc2c(C)cc(C)cc2C)cc1F. The first-order chi connectivity index (χ1) is 9.51. The minimum Gasteiger partial charge on any atom is -0.206 e. The standard InChI is InChI=1S/C19H15F/c1-5-17-8-6-16(12-19(17)20)7-9-18-14(3)10-13(2)11-15(18)4/h1,6,8,10-12H,2-4H3. The van der Waals surface area contributed by atoms with Crippen LogP contribution < -0.4 is 0 Å². The number of halogens is 1. The van der Waals surface area contributed by atoms with Gasteiger partial charge in [-0.25, -0.2) is 4.39 Å². The molecular formula is C19H15F. The van der Waals surface area contributed by atoms with Crippen molar-refractivity contribution >= 4 is 0 Å². The second kappa shape index (κ2) is 5.64. The van der Waals surface area contributed by atoms with Crippen molar-refractivity contribution in [2.75, 3.05) is 0 Å². The summed E-state index contributed by atoms with van der Waals surface area (Å²) in [5, 5.41) is 0. The van der Waals surface area contributed by atoms with Crippen LogP contribution in [-0.2, 0) is 0 Å². The van der Waals surface area contributed by atoms with Crippen molar-refractivity contribution in [3.63, 3.8) is 0 Å². The summed E-state index contributed by atoms with van der Waals surface area (Å²) in [4.78, 5) is 0. The Balaban J connectivity index is 2.42. The van der Waals surface area contributed by atoms with Crippen LogP contribution in [-0.4, -0.2) is 0 Å². The van der Waals surface area contributed by atoms with Gasteiger partial charge in [0.05, 0.1) is 5.56 Å². The van der Waals surface area contributed by atoms with Crippen molar-refractivity contribution < 1.29 is 4.39 Å². The zero-order chi connectivity index (χ0) is 14.7. The molecule has 0 saturated carbocycles. The Labute approximate surface area is 119 Å². The van der Waals surface area contributed by atoms with E-state index in [2.05, 4.69) is 36.8 Å². The van der Waals surface area contributed by atoms with E-state index < -0.39 is 5.82 Å². The molecule has 0 saturated heterocycles. The highest BCUT2D eigenvalue weighted by Crippen LogP contribution is 2.15. The Kier molecular flexibility index (Phi) is 3.92. The van der Waals surface area contributed by atoms with Gasteiger partial charge in [-0.15, -0.1) is 6.42 Å². The number of hydrogen-bond donors (Lipinski definition) is 0. The van der Waals surface area contributed by atoms with Gasteiger partial charge in [0.2, 0.25) is 0 Å². The summed E-state index contributed by atoms with van der Waals surface area (Å²) in [5.41, 5.74) is 5.37. The molecule has 0 aliphatic heterocycles. The van der Waals surface area contributed by atoms with E-state index in [4.69, 9.17) is 6.42 Å². The molecule has 0 radical (unpaired) electrons. The number of terminal acetylenes is 1. The van der Waals surface area contributed by atoms with Crippen LogP contribution in [0.5, 0.6) is 0 Å². The molecule has 98 valence electrons. The van der Waals surface area contributed by atoms with Crippen molar-refractivity contribution in [2.45, 2.75) is 20.8 Å². The highest BCUT2D eigenvalue weighted by molar-refractivity contribution is 5.52. The summed E-state index contributed by atoms with van der Waals surface area (Å²) in [6.07, 6.45) is 5.19. The molecule has 0 N–H and O–H groups in total. The van der Waals surface area contributed by atoms with Gasteiger partial charge in [-0.3, -0.25) is 0 Å². The number of benzene rings is 2. The van der Waals surface area contributed by atoms with Crippen molar-refractivity contribution in [1.29, 1.82) is 0 Å². The lowest BCUT2D eigenvalue weighted by Crippen LogP contribution is -1.90. The highest BCUT2D eigenvalue weighted by Gasteiger charge is 2.01. The van der Waals surface area contributed by atoms with E-state index in [1.165, 1.54) is 11.6 Å². The van der Waals surface area contributed by atoms with Crippen LogP contribution in [0.15, 0.2) is 30.3 Å². The van der Waals surface area contributed by atoms with Crippen LogP contribution in [0.4, 0.5) is 4.39 Å². The molecule has 0 atom stereocenters. The van der Waals surface area contributed by atoms with Crippen LogP contribution in [0.25, 0.3) is 0 Å². The average Bonchev–Trinajstić information content (AvgIpc) is 2.37. The molecule has 0 aliphatic carbocycles. The summed E-state index contributed by atoms with van der Waals surface area (Å²) in [6, 6.07) is 8.89. The smallest absolute Gasteiger partial charge is 0.140 e. The summed E-state index contributed by atoms with van der Waals surface area (Å²) in [7, 11) is 0. The van der Waals surface area contributed by atoms with Gasteiger partial charge >= 0.3 is 0 Å². The highest BCUT2D eigenvalue weighted by atomic mass is 19.1. The van der Waals surface area contributed by atoms with Crippen LogP contribution in [0, 0.1) is 50.8 Å². The van der Waals surface area contributed by atoms with Gasteiger partial charge in [-0.05, 0) is 50.1 Å². The van der Waals surface area contributed by atoms with E-state index in [-0.39, 0.29) is 5.56 Å². The van der Waals surface area contributed by atoms with Crippen molar-refractivity contribution in [1.82, 2.24) is 0 Å². The molecule has 0 spiro atoms. The Morgan fingerprint density at radius 3 is 2.15 bits per heavy atom. The van der Waals surface area contributed by atoms with Gasteiger partial charge in [-0.2, -0.15) is 0 Å². The second-order valence-corrected chi connectivity index (χ2v) is 4.86. The largest absolute Gasteiger partial charge is 0.206 e. The molecule has 0 bridgehead atoms. The Morgan fingerprint density at radius 2 is 1.60 bits per heavy atom. The van der Waals surface area contributed by atoms with Gasteiger partial charge in [0.15, 0.2) is 0 Å². The maximum atomic E-state index is 13.6. The zero-order valence-corrected chi connectivity index (χ0v) is 11.8. The third-order valence-electron chi connectivity index (χ3n) is 3.13. The maximum absolute atomic E-state index is 13.6. The second-order valence-electron chi connectivity index (χ2n) is 4.86. The summed E-state index contributed by atoms with van der Waals surface area (Å²) < 4.78 is 13.6.